The minimum atomic E-state index is -1.56. The van der Waals surface area contributed by atoms with Crippen molar-refractivity contribution >= 4 is 0 Å². The van der Waals surface area contributed by atoms with E-state index in [0.29, 0.717) is 12.1 Å². The number of unbranched alkanes of at least 4 members (excludes halogenated alkanes) is 18. The molecule has 304 valence electrons. The van der Waals surface area contributed by atoms with Gasteiger partial charge in [-0.2, -0.15) is 5.10 Å². The Morgan fingerprint density at radius 3 is 1.98 bits per heavy atom. The zero-order valence-corrected chi connectivity index (χ0v) is 32.5. The third kappa shape index (κ3) is 17.1. The molecule has 1 aromatic rings. The highest BCUT2D eigenvalue weighted by molar-refractivity contribution is 5.16. The summed E-state index contributed by atoms with van der Waals surface area (Å²) in [6.45, 7) is 3.93. The van der Waals surface area contributed by atoms with Crippen LogP contribution in [0.3, 0.4) is 0 Å². The average molecular weight is 740 g/mol. The standard InChI is InChI=1S/C41H77N3O8/c1-2-3-4-5-6-7-8-9-10-15-18-21-24-35(46)37(47)33(30-51-41-40(50)39(49)38(48)36(29-45)52-41)34-27-32(43-44-34)23-20-17-14-12-11-13-16-19-22-31-25-26-42-28-31/h27,31,33,35-42,45-50H,2-26,28-30H2,1H3,(H,43,44)/t31?,33-,35-,36?,37+,38?,39?,40?,41?/m1/s1. The number of H-pyrrole nitrogens is 1. The number of hydrogen-bond acceptors (Lipinski definition) is 10. The largest absolute Gasteiger partial charge is 0.394 e. The molecule has 0 radical (unpaired) electrons. The fourth-order valence-corrected chi connectivity index (χ4v) is 7.86. The fourth-order valence-electron chi connectivity index (χ4n) is 7.86. The highest BCUT2D eigenvalue weighted by Crippen LogP contribution is 2.28. The van der Waals surface area contributed by atoms with Crippen LogP contribution in [0, 0.1) is 5.92 Å². The number of hydrogen-bond donors (Lipinski definition) is 8. The molecule has 9 atom stereocenters. The van der Waals surface area contributed by atoms with Gasteiger partial charge in [-0.05, 0) is 57.2 Å². The zero-order chi connectivity index (χ0) is 37.4. The summed E-state index contributed by atoms with van der Waals surface area (Å²) in [5, 5.41) is 74.0. The molecule has 2 saturated heterocycles. The van der Waals surface area contributed by atoms with Crippen LogP contribution in [0.25, 0.3) is 0 Å². The molecule has 6 unspecified atom stereocenters. The van der Waals surface area contributed by atoms with Crippen molar-refractivity contribution in [2.24, 2.45) is 5.92 Å². The van der Waals surface area contributed by atoms with E-state index < -0.39 is 55.4 Å². The molecule has 3 rings (SSSR count). The van der Waals surface area contributed by atoms with Crippen LogP contribution >= 0.6 is 0 Å². The van der Waals surface area contributed by atoms with Gasteiger partial charge in [0, 0.05) is 5.69 Å². The lowest BCUT2D eigenvalue weighted by atomic mass is 9.91. The van der Waals surface area contributed by atoms with Gasteiger partial charge in [0.15, 0.2) is 6.29 Å². The number of aryl methyl sites for hydroxylation is 1. The van der Waals surface area contributed by atoms with Crippen molar-refractivity contribution in [3.05, 3.63) is 17.5 Å². The van der Waals surface area contributed by atoms with E-state index in [-0.39, 0.29) is 6.61 Å². The van der Waals surface area contributed by atoms with Gasteiger partial charge < -0.3 is 45.4 Å². The predicted octanol–water partition coefficient (Wildman–Crippen LogP) is 5.79. The summed E-state index contributed by atoms with van der Waals surface area (Å²) in [7, 11) is 0. The molecular formula is C41H77N3O8. The third-order valence-electron chi connectivity index (χ3n) is 11.4. The van der Waals surface area contributed by atoms with Crippen molar-refractivity contribution in [2.75, 3.05) is 26.3 Å². The normalized spacial score (nSPS) is 25.4. The number of nitrogens with one attached hydrogen (secondary N) is 2. The van der Waals surface area contributed by atoms with Crippen molar-refractivity contribution in [3.63, 3.8) is 0 Å². The van der Waals surface area contributed by atoms with E-state index in [1.807, 2.05) is 6.07 Å². The highest BCUT2D eigenvalue weighted by atomic mass is 16.7. The summed E-state index contributed by atoms with van der Waals surface area (Å²) >= 11 is 0. The van der Waals surface area contributed by atoms with Crippen LogP contribution in [-0.4, -0.2) is 110 Å². The molecule has 0 saturated carbocycles. The van der Waals surface area contributed by atoms with E-state index in [0.717, 1.165) is 50.1 Å². The number of ether oxygens (including phenoxy) is 2. The first-order valence-electron chi connectivity index (χ1n) is 21.4. The summed E-state index contributed by atoms with van der Waals surface area (Å²) in [5.41, 5.74) is 1.51. The van der Waals surface area contributed by atoms with Gasteiger partial charge >= 0.3 is 0 Å². The minimum absolute atomic E-state index is 0.152. The van der Waals surface area contributed by atoms with Crippen molar-refractivity contribution in [3.8, 4) is 0 Å². The van der Waals surface area contributed by atoms with Gasteiger partial charge in [0.05, 0.1) is 37.0 Å². The molecule has 0 aromatic carbocycles. The molecule has 0 aliphatic carbocycles. The van der Waals surface area contributed by atoms with Gasteiger partial charge in [-0.25, -0.2) is 0 Å². The number of aliphatic hydroxyl groups excluding tert-OH is 6. The predicted molar refractivity (Wildman–Crippen MR) is 205 cm³/mol. The van der Waals surface area contributed by atoms with E-state index in [2.05, 4.69) is 22.4 Å². The molecule has 0 bridgehead atoms. The van der Waals surface area contributed by atoms with Gasteiger partial charge in [0.25, 0.3) is 0 Å². The van der Waals surface area contributed by atoms with E-state index >= 15 is 0 Å². The first kappa shape index (κ1) is 45.2. The van der Waals surface area contributed by atoms with Crippen LogP contribution in [0.1, 0.15) is 172 Å². The Kier molecular flexibility index (Phi) is 23.9. The van der Waals surface area contributed by atoms with E-state index in [1.165, 1.54) is 122 Å². The monoisotopic (exact) mass is 740 g/mol. The lowest BCUT2D eigenvalue weighted by molar-refractivity contribution is -0.303. The number of rotatable bonds is 31. The van der Waals surface area contributed by atoms with Gasteiger partial charge in [-0.15, -0.1) is 0 Å². The van der Waals surface area contributed by atoms with Crippen LogP contribution in [0.15, 0.2) is 6.07 Å². The Bertz CT molecular complexity index is 993. The van der Waals surface area contributed by atoms with E-state index in [9.17, 15) is 30.6 Å². The number of aromatic amines is 1. The van der Waals surface area contributed by atoms with E-state index in [1.54, 1.807) is 0 Å². The molecule has 3 heterocycles. The first-order valence-corrected chi connectivity index (χ1v) is 21.4. The van der Waals surface area contributed by atoms with Gasteiger partial charge in [-0.1, -0.05) is 129 Å². The summed E-state index contributed by atoms with van der Waals surface area (Å²) < 4.78 is 11.4. The average Bonchev–Trinajstić information content (AvgIpc) is 3.85. The lowest BCUT2D eigenvalue weighted by Gasteiger charge is -2.40. The quantitative estimate of drug-likeness (QED) is 0.0435. The molecule has 0 amide bonds. The maximum atomic E-state index is 11.4. The Labute approximate surface area is 314 Å². The molecule has 1 aromatic heterocycles. The Hall–Kier alpha value is -1.15. The third-order valence-corrected chi connectivity index (χ3v) is 11.4. The summed E-state index contributed by atoms with van der Waals surface area (Å²) in [6, 6.07) is 1.92. The lowest BCUT2D eigenvalue weighted by Crippen LogP contribution is -2.59. The first-order chi connectivity index (χ1) is 25.3. The number of nitrogens with zero attached hydrogens (tertiary/aromatic N) is 1. The number of aromatic nitrogens is 2. The van der Waals surface area contributed by atoms with Crippen LogP contribution in [-0.2, 0) is 15.9 Å². The molecular weight excluding hydrogens is 662 g/mol. The fraction of sp³-hybridized carbons (Fsp3) is 0.927. The molecule has 11 heteroatoms. The SMILES string of the molecule is CCCCCCCCCCCCCC[C@@H](O)[C@@H](O)[C@H](COC1OC(CO)C(O)C(O)C1O)c1cc(CCCCCCCCCCC2CCNC2)[nH]n1. The topological polar surface area (TPSA) is 181 Å². The Balaban J connectivity index is 1.41. The zero-order valence-electron chi connectivity index (χ0n) is 32.5. The summed E-state index contributed by atoms with van der Waals surface area (Å²) in [6.07, 6.45) is 19.4. The van der Waals surface area contributed by atoms with Crippen LogP contribution in [0.5, 0.6) is 0 Å². The van der Waals surface area contributed by atoms with Gasteiger partial charge in [0.2, 0.25) is 0 Å². The number of aliphatic hydroxyl groups is 6. The van der Waals surface area contributed by atoms with Crippen molar-refractivity contribution in [1.82, 2.24) is 15.5 Å². The minimum Gasteiger partial charge on any atom is -0.394 e. The molecule has 8 N–H and O–H groups in total. The molecule has 2 fully saturated rings. The molecule has 11 nitrogen and oxygen atoms in total. The van der Waals surface area contributed by atoms with Crippen molar-refractivity contribution < 1.29 is 40.1 Å². The maximum absolute atomic E-state index is 11.4. The van der Waals surface area contributed by atoms with Crippen LogP contribution in [0.4, 0.5) is 0 Å². The van der Waals surface area contributed by atoms with Crippen molar-refractivity contribution in [2.45, 2.75) is 210 Å². The molecule has 2 aliphatic rings. The van der Waals surface area contributed by atoms with Crippen LogP contribution in [0.2, 0.25) is 0 Å². The van der Waals surface area contributed by atoms with Gasteiger partial charge in [-0.3, -0.25) is 5.10 Å². The second-order valence-electron chi connectivity index (χ2n) is 15.9. The summed E-state index contributed by atoms with van der Waals surface area (Å²) in [4.78, 5) is 0. The Morgan fingerprint density at radius 2 is 1.38 bits per heavy atom. The maximum Gasteiger partial charge on any atom is 0.186 e. The molecule has 2 aliphatic heterocycles. The smallest absolute Gasteiger partial charge is 0.186 e. The summed E-state index contributed by atoms with van der Waals surface area (Å²) in [5.74, 6) is 0.167. The molecule has 0 spiro atoms. The molecule has 52 heavy (non-hydrogen) atoms. The van der Waals surface area contributed by atoms with E-state index in [4.69, 9.17) is 9.47 Å². The van der Waals surface area contributed by atoms with Gasteiger partial charge in [0.1, 0.15) is 24.4 Å². The highest BCUT2D eigenvalue weighted by Gasteiger charge is 2.44. The van der Waals surface area contributed by atoms with Crippen molar-refractivity contribution in [1.29, 1.82) is 0 Å². The Morgan fingerprint density at radius 1 is 0.788 bits per heavy atom. The second-order valence-corrected chi connectivity index (χ2v) is 15.9. The second kappa shape index (κ2) is 27.4. The van der Waals surface area contributed by atoms with Crippen LogP contribution < -0.4 is 5.32 Å².